The first kappa shape index (κ1) is 16.0. The second-order valence-electron chi connectivity index (χ2n) is 5.61. The molecule has 0 saturated carbocycles. The van der Waals surface area contributed by atoms with Crippen LogP contribution < -0.4 is 5.32 Å². The molecule has 0 bridgehead atoms. The third-order valence-electron chi connectivity index (χ3n) is 3.91. The maximum absolute atomic E-state index is 12.1. The number of hydrogen-bond donors (Lipinski definition) is 1. The molecule has 2 rings (SSSR count). The maximum Gasteiger partial charge on any atom is 0.254 e. The zero-order valence-electron chi connectivity index (χ0n) is 12.6. The van der Waals surface area contributed by atoms with E-state index in [1.54, 1.807) is 4.68 Å². The van der Waals surface area contributed by atoms with Crippen LogP contribution in [0.1, 0.15) is 54.7 Å². The van der Waals surface area contributed by atoms with Crippen LogP contribution in [0.25, 0.3) is 0 Å². The van der Waals surface area contributed by atoms with Crippen LogP contribution in [-0.4, -0.2) is 42.2 Å². The number of unbranched alkanes of at least 4 members (excludes halogenated alkanes) is 2. The monoisotopic (exact) mass is 313 g/mol. The molecule has 1 atom stereocenters. The van der Waals surface area contributed by atoms with Gasteiger partial charge in [0.1, 0.15) is 0 Å². The van der Waals surface area contributed by atoms with E-state index in [0.717, 1.165) is 25.0 Å². The molecule has 1 fully saturated rings. The molecule has 2 heterocycles. The molecule has 0 spiro atoms. The Kier molecular flexibility index (Phi) is 5.03. The van der Waals surface area contributed by atoms with E-state index in [1.807, 2.05) is 6.92 Å². The molecule has 7 heteroatoms. The van der Waals surface area contributed by atoms with E-state index in [4.69, 9.17) is 0 Å². The Bertz CT molecular complexity index is 607. The van der Waals surface area contributed by atoms with Crippen molar-refractivity contribution in [2.75, 3.05) is 18.1 Å². The lowest BCUT2D eigenvalue weighted by atomic mass is 10.2. The first-order chi connectivity index (χ1) is 9.94. The van der Waals surface area contributed by atoms with Crippen molar-refractivity contribution in [1.29, 1.82) is 0 Å². The Hall–Kier alpha value is -1.37. The summed E-state index contributed by atoms with van der Waals surface area (Å²) in [5, 5.41) is 7.10. The fourth-order valence-electron chi connectivity index (χ4n) is 2.65. The lowest BCUT2D eigenvalue weighted by Gasteiger charge is -2.11. The second-order valence-corrected chi connectivity index (χ2v) is 7.84. The van der Waals surface area contributed by atoms with Crippen molar-refractivity contribution >= 4 is 15.7 Å². The van der Waals surface area contributed by atoms with Crippen LogP contribution in [0.4, 0.5) is 0 Å². The Morgan fingerprint density at radius 3 is 2.86 bits per heavy atom. The highest BCUT2D eigenvalue weighted by Crippen LogP contribution is 2.25. The summed E-state index contributed by atoms with van der Waals surface area (Å²) in [6.45, 7) is 4.60. The number of nitrogens with one attached hydrogen (secondary N) is 1. The summed E-state index contributed by atoms with van der Waals surface area (Å²) in [6, 6.07) is -0.142. The topological polar surface area (TPSA) is 81.1 Å². The predicted octanol–water partition coefficient (Wildman–Crippen LogP) is 1.47. The van der Waals surface area contributed by atoms with E-state index in [-0.39, 0.29) is 23.5 Å². The van der Waals surface area contributed by atoms with Gasteiger partial charge in [0, 0.05) is 12.2 Å². The van der Waals surface area contributed by atoms with Crippen LogP contribution in [0.2, 0.25) is 0 Å². The first-order valence-corrected chi connectivity index (χ1v) is 9.29. The molecule has 1 amide bonds. The second kappa shape index (κ2) is 6.60. The summed E-state index contributed by atoms with van der Waals surface area (Å²) in [5.41, 5.74) is 1.28. The molecule has 21 heavy (non-hydrogen) atoms. The Labute approximate surface area is 125 Å². The van der Waals surface area contributed by atoms with E-state index >= 15 is 0 Å². The van der Waals surface area contributed by atoms with Crippen LogP contribution in [0.5, 0.6) is 0 Å². The minimum atomic E-state index is -2.95. The standard InChI is InChI=1S/C14H23N3O3S/c1-3-4-5-7-15-14(18)13-9-16-17(11(13)2)12-6-8-21(19,20)10-12/h9,12H,3-8,10H2,1-2H3,(H,15,18). The molecule has 1 aliphatic rings. The zero-order valence-corrected chi connectivity index (χ0v) is 13.4. The van der Waals surface area contributed by atoms with E-state index in [1.165, 1.54) is 6.20 Å². The van der Waals surface area contributed by atoms with Crippen molar-refractivity contribution in [3.63, 3.8) is 0 Å². The van der Waals surface area contributed by atoms with Crippen LogP contribution in [0, 0.1) is 6.92 Å². The van der Waals surface area contributed by atoms with Gasteiger partial charge < -0.3 is 5.32 Å². The van der Waals surface area contributed by atoms with E-state index in [0.29, 0.717) is 18.5 Å². The lowest BCUT2D eigenvalue weighted by molar-refractivity contribution is 0.0952. The highest BCUT2D eigenvalue weighted by atomic mass is 32.2. The summed E-state index contributed by atoms with van der Waals surface area (Å²) in [6.07, 6.45) is 5.29. The molecular weight excluding hydrogens is 290 g/mol. The highest BCUT2D eigenvalue weighted by molar-refractivity contribution is 7.91. The van der Waals surface area contributed by atoms with E-state index in [2.05, 4.69) is 17.3 Å². The van der Waals surface area contributed by atoms with Crippen LogP contribution in [0.3, 0.4) is 0 Å². The number of hydrogen-bond acceptors (Lipinski definition) is 4. The van der Waals surface area contributed by atoms with Crippen molar-refractivity contribution in [2.45, 2.75) is 45.6 Å². The maximum atomic E-state index is 12.1. The average molecular weight is 313 g/mol. The molecule has 1 saturated heterocycles. The largest absolute Gasteiger partial charge is 0.352 e. The third-order valence-corrected chi connectivity index (χ3v) is 5.66. The van der Waals surface area contributed by atoms with E-state index < -0.39 is 9.84 Å². The number of aromatic nitrogens is 2. The molecule has 0 radical (unpaired) electrons. The van der Waals surface area contributed by atoms with Crippen LogP contribution >= 0.6 is 0 Å². The van der Waals surface area contributed by atoms with Crippen molar-refractivity contribution < 1.29 is 13.2 Å². The Morgan fingerprint density at radius 1 is 1.48 bits per heavy atom. The van der Waals surface area contributed by atoms with Crippen LogP contribution in [-0.2, 0) is 9.84 Å². The van der Waals surface area contributed by atoms with Crippen molar-refractivity contribution in [2.24, 2.45) is 0 Å². The summed E-state index contributed by atoms with van der Waals surface area (Å²) in [5.74, 6) is 0.193. The number of rotatable bonds is 6. The molecule has 0 aromatic carbocycles. The average Bonchev–Trinajstić information content (AvgIpc) is 2.97. The minimum absolute atomic E-state index is 0.118. The molecule has 1 aromatic rings. The molecule has 6 nitrogen and oxygen atoms in total. The van der Waals surface area contributed by atoms with Gasteiger partial charge in [-0.2, -0.15) is 5.10 Å². The Balaban J connectivity index is 2.02. The van der Waals surface area contributed by atoms with Gasteiger partial charge in [0.15, 0.2) is 9.84 Å². The Morgan fingerprint density at radius 2 is 2.24 bits per heavy atom. The highest BCUT2D eigenvalue weighted by Gasteiger charge is 2.31. The van der Waals surface area contributed by atoms with Gasteiger partial charge in [-0.3, -0.25) is 9.48 Å². The van der Waals surface area contributed by atoms with Crippen molar-refractivity contribution in [3.05, 3.63) is 17.5 Å². The van der Waals surface area contributed by atoms with Gasteiger partial charge in [0.25, 0.3) is 5.91 Å². The minimum Gasteiger partial charge on any atom is -0.352 e. The van der Waals surface area contributed by atoms with Gasteiger partial charge >= 0.3 is 0 Å². The van der Waals surface area contributed by atoms with Crippen LogP contribution in [0.15, 0.2) is 6.20 Å². The van der Waals surface area contributed by atoms with Gasteiger partial charge in [-0.25, -0.2) is 8.42 Å². The fourth-order valence-corrected chi connectivity index (χ4v) is 4.35. The fraction of sp³-hybridized carbons (Fsp3) is 0.714. The number of sulfone groups is 1. The molecule has 0 aliphatic carbocycles. The number of nitrogens with zero attached hydrogens (tertiary/aromatic N) is 2. The number of carbonyl (C=O) groups is 1. The molecule has 1 aliphatic heterocycles. The van der Waals surface area contributed by atoms with Gasteiger partial charge in [-0.1, -0.05) is 19.8 Å². The number of amides is 1. The van der Waals surface area contributed by atoms with Gasteiger partial charge in [-0.05, 0) is 19.8 Å². The smallest absolute Gasteiger partial charge is 0.254 e. The van der Waals surface area contributed by atoms with Crippen molar-refractivity contribution in [3.8, 4) is 0 Å². The molecular formula is C14H23N3O3S. The third kappa shape index (κ3) is 3.84. The normalized spacial score (nSPS) is 20.6. The zero-order chi connectivity index (χ0) is 15.5. The molecule has 1 unspecified atom stereocenters. The molecule has 118 valence electrons. The summed E-state index contributed by atoms with van der Waals surface area (Å²) in [7, 11) is -2.95. The quantitative estimate of drug-likeness (QED) is 0.806. The van der Waals surface area contributed by atoms with Gasteiger partial charge in [-0.15, -0.1) is 0 Å². The SMILES string of the molecule is CCCCCNC(=O)c1cnn(C2CCS(=O)(=O)C2)c1C. The first-order valence-electron chi connectivity index (χ1n) is 7.47. The predicted molar refractivity (Wildman–Crippen MR) is 81.1 cm³/mol. The van der Waals surface area contributed by atoms with E-state index in [9.17, 15) is 13.2 Å². The van der Waals surface area contributed by atoms with Gasteiger partial charge in [0.05, 0.1) is 29.3 Å². The summed E-state index contributed by atoms with van der Waals surface area (Å²) in [4.78, 5) is 12.1. The molecule has 1 aromatic heterocycles. The number of carbonyl (C=O) groups excluding carboxylic acids is 1. The summed E-state index contributed by atoms with van der Waals surface area (Å²) >= 11 is 0. The lowest BCUT2D eigenvalue weighted by Crippen LogP contribution is -2.25. The summed E-state index contributed by atoms with van der Waals surface area (Å²) < 4.78 is 24.8. The molecule has 1 N–H and O–H groups in total. The van der Waals surface area contributed by atoms with Gasteiger partial charge in [0.2, 0.25) is 0 Å². The van der Waals surface area contributed by atoms with Crippen molar-refractivity contribution in [1.82, 2.24) is 15.1 Å².